The van der Waals surface area contributed by atoms with Crippen molar-refractivity contribution in [3.8, 4) is 22.4 Å². The molecule has 26 heavy (non-hydrogen) atoms. The summed E-state index contributed by atoms with van der Waals surface area (Å²) in [7, 11) is 2.11. The minimum Gasteiger partial charge on any atom is -0.302 e. The van der Waals surface area contributed by atoms with Crippen LogP contribution in [-0.2, 0) is 13.5 Å². The maximum absolute atomic E-state index is 4.82. The third-order valence-electron chi connectivity index (χ3n) is 5.20. The van der Waals surface area contributed by atoms with Gasteiger partial charge < -0.3 is 4.57 Å². The fraction of sp³-hybridized carbons (Fsp3) is 0.130. The van der Waals surface area contributed by atoms with Gasteiger partial charge in [0.1, 0.15) is 12.9 Å². The van der Waals surface area contributed by atoms with Gasteiger partial charge in [-0.25, -0.2) is 9.55 Å². The number of imidazole rings is 1. The van der Waals surface area contributed by atoms with Crippen LogP contribution < -0.4 is 4.57 Å². The zero-order chi connectivity index (χ0) is 17.7. The van der Waals surface area contributed by atoms with Crippen LogP contribution >= 0.6 is 0 Å². The summed E-state index contributed by atoms with van der Waals surface area (Å²) in [6, 6.07) is 19.3. The van der Waals surface area contributed by atoms with E-state index in [0.717, 1.165) is 17.8 Å². The summed E-state index contributed by atoms with van der Waals surface area (Å²) in [5.74, 6) is 1.12. The van der Waals surface area contributed by atoms with E-state index in [2.05, 4.69) is 96.2 Å². The lowest BCUT2D eigenvalue weighted by molar-refractivity contribution is -0.660. The maximum Gasteiger partial charge on any atom is 0.215 e. The predicted octanol–water partition coefficient (Wildman–Crippen LogP) is 4.53. The molecule has 3 heteroatoms. The van der Waals surface area contributed by atoms with E-state index in [0.29, 0.717) is 0 Å². The second-order valence-corrected chi connectivity index (χ2v) is 6.89. The SMILES string of the molecule is Cc1ccc2nc3n(c2c1-c1cc(-c2ccccc2)cc[n+]1C)C=CC3. The highest BCUT2D eigenvalue weighted by atomic mass is 15.1. The first-order valence-electron chi connectivity index (χ1n) is 8.95. The quantitative estimate of drug-likeness (QED) is 0.492. The Bertz CT molecular complexity index is 1170. The largest absolute Gasteiger partial charge is 0.302 e. The second-order valence-electron chi connectivity index (χ2n) is 6.89. The molecule has 0 spiro atoms. The predicted molar refractivity (Wildman–Crippen MR) is 106 cm³/mol. The molecule has 0 unspecified atom stereocenters. The Morgan fingerprint density at radius 3 is 2.69 bits per heavy atom. The summed E-state index contributed by atoms with van der Waals surface area (Å²) >= 11 is 0. The topological polar surface area (TPSA) is 21.7 Å². The van der Waals surface area contributed by atoms with E-state index < -0.39 is 0 Å². The van der Waals surface area contributed by atoms with Gasteiger partial charge in [-0.1, -0.05) is 42.5 Å². The molecule has 0 N–H and O–H groups in total. The summed E-state index contributed by atoms with van der Waals surface area (Å²) in [5, 5.41) is 0. The zero-order valence-corrected chi connectivity index (χ0v) is 15.0. The lowest BCUT2D eigenvalue weighted by atomic mass is 9.99. The van der Waals surface area contributed by atoms with E-state index in [1.54, 1.807) is 0 Å². The van der Waals surface area contributed by atoms with Gasteiger partial charge in [0.2, 0.25) is 5.69 Å². The molecule has 0 saturated carbocycles. The number of rotatable bonds is 2. The van der Waals surface area contributed by atoms with Crippen LogP contribution in [0.15, 0.2) is 66.9 Å². The van der Waals surface area contributed by atoms with Gasteiger partial charge in [0.05, 0.1) is 16.6 Å². The fourth-order valence-electron chi connectivity index (χ4n) is 3.86. The Labute approximate surface area is 152 Å². The van der Waals surface area contributed by atoms with Crippen molar-refractivity contribution in [3.63, 3.8) is 0 Å². The van der Waals surface area contributed by atoms with Crippen molar-refractivity contribution in [2.75, 3.05) is 0 Å². The average molecular weight is 338 g/mol. The van der Waals surface area contributed by atoms with Crippen molar-refractivity contribution in [2.45, 2.75) is 13.3 Å². The van der Waals surface area contributed by atoms with Crippen LogP contribution in [0.25, 0.3) is 39.6 Å². The number of hydrogen-bond acceptors (Lipinski definition) is 1. The molecule has 0 atom stereocenters. The minimum atomic E-state index is 0.906. The molecule has 3 nitrogen and oxygen atoms in total. The smallest absolute Gasteiger partial charge is 0.215 e. The zero-order valence-electron chi connectivity index (χ0n) is 15.0. The van der Waals surface area contributed by atoms with Crippen molar-refractivity contribution in [3.05, 3.63) is 78.3 Å². The normalized spacial score (nSPS) is 12.7. The van der Waals surface area contributed by atoms with Crippen molar-refractivity contribution in [2.24, 2.45) is 7.05 Å². The first kappa shape index (κ1) is 15.1. The van der Waals surface area contributed by atoms with Gasteiger partial charge >= 0.3 is 0 Å². The molecule has 0 amide bonds. The highest BCUT2D eigenvalue weighted by Gasteiger charge is 2.22. The summed E-state index contributed by atoms with van der Waals surface area (Å²) in [6.45, 7) is 2.18. The lowest BCUT2D eigenvalue weighted by Crippen LogP contribution is -2.30. The molecule has 0 saturated heterocycles. The van der Waals surface area contributed by atoms with E-state index >= 15 is 0 Å². The first-order chi connectivity index (χ1) is 12.7. The van der Waals surface area contributed by atoms with E-state index in [-0.39, 0.29) is 0 Å². The van der Waals surface area contributed by atoms with Crippen LogP contribution in [0.2, 0.25) is 0 Å². The number of aromatic nitrogens is 3. The summed E-state index contributed by atoms with van der Waals surface area (Å²) in [4.78, 5) is 4.82. The monoisotopic (exact) mass is 338 g/mol. The molecule has 0 aliphatic carbocycles. The molecule has 3 heterocycles. The van der Waals surface area contributed by atoms with E-state index in [1.165, 1.54) is 33.5 Å². The number of benzene rings is 2. The Morgan fingerprint density at radius 1 is 1.00 bits per heavy atom. The minimum absolute atomic E-state index is 0.906. The molecular weight excluding hydrogens is 318 g/mol. The number of aryl methyl sites for hydroxylation is 2. The molecule has 1 aliphatic heterocycles. The van der Waals surface area contributed by atoms with Gasteiger partial charge in [-0.2, -0.15) is 0 Å². The number of pyridine rings is 1. The maximum atomic E-state index is 4.82. The molecule has 5 rings (SSSR count). The van der Waals surface area contributed by atoms with Crippen LogP contribution in [0.1, 0.15) is 11.4 Å². The molecule has 0 bridgehead atoms. The number of hydrogen-bond donors (Lipinski definition) is 0. The molecule has 0 fully saturated rings. The molecule has 2 aromatic carbocycles. The first-order valence-corrected chi connectivity index (χ1v) is 8.95. The van der Waals surface area contributed by atoms with Crippen molar-refractivity contribution < 1.29 is 4.57 Å². The third-order valence-corrected chi connectivity index (χ3v) is 5.20. The lowest BCUT2D eigenvalue weighted by Gasteiger charge is -2.10. The van der Waals surface area contributed by atoms with E-state index in [9.17, 15) is 0 Å². The van der Waals surface area contributed by atoms with Crippen LogP contribution in [0, 0.1) is 6.92 Å². The van der Waals surface area contributed by atoms with Gasteiger partial charge in [-0.05, 0) is 29.7 Å². The Kier molecular flexibility index (Phi) is 3.29. The van der Waals surface area contributed by atoms with E-state index in [1.807, 2.05) is 0 Å². The standard InChI is InChI=1S/C23H20N3/c1-16-10-11-19-23(26-13-6-9-21(26)24-19)22(16)20-15-18(12-14-25(20)2)17-7-4-3-5-8-17/h3-8,10-15H,9H2,1-2H3/q+1. The van der Waals surface area contributed by atoms with Crippen LogP contribution in [0.4, 0.5) is 0 Å². The number of nitrogens with zero attached hydrogens (tertiary/aromatic N) is 3. The van der Waals surface area contributed by atoms with Gasteiger partial charge in [0, 0.05) is 24.8 Å². The number of fused-ring (bicyclic) bond motifs is 3. The molecule has 2 aromatic heterocycles. The van der Waals surface area contributed by atoms with E-state index in [4.69, 9.17) is 4.98 Å². The molecule has 126 valence electrons. The molecule has 1 aliphatic rings. The van der Waals surface area contributed by atoms with Crippen molar-refractivity contribution in [1.29, 1.82) is 0 Å². The average Bonchev–Trinajstić information content (AvgIpc) is 3.25. The third kappa shape index (κ3) is 2.21. The second kappa shape index (κ2) is 5.67. The molecule has 4 aromatic rings. The van der Waals surface area contributed by atoms with Crippen molar-refractivity contribution >= 4 is 17.2 Å². The number of allylic oxidation sites excluding steroid dienone is 1. The van der Waals surface area contributed by atoms with Crippen LogP contribution in [0.3, 0.4) is 0 Å². The highest BCUT2D eigenvalue weighted by Crippen LogP contribution is 2.34. The Morgan fingerprint density at radius 2 is 1.85 bits per heavy atom. The van der Waals surface area contributed by atoms with Crippen molar-refractivity contribution in [1.82, 2.24) is 9.55 Å². The summed E-state index contributed by atoms with van der Waals surface area (Å²) < 4.78 is 4.44. The fourth-order valence-corrected chi connectivity index (χ4v) is 3.86. The molecular formula is C23H20N3+. The van der Waals surface area contributed by atoms with Crippen LogP contribution in [0.5, 0.6) is 0 Å². The highest BCUT2D eigenvalue weighted by molar-refractivity contribution is 5.95. The van der Waals surface area contributed by atoms with Gasteiger partial charge in [0.25, 0.3) is 0 Å². The van der Waals surface area contributed by atoms with Crippen LogP contribution in [-0.4, -0.2) is 9.55 Å². The Hall–Kier alpha value is -3.20. The summed E-state index contributed by atoms with van der Waals surface area (Å²) in [6.07, 6.45) is 7.37. The van der Waals surface area contributed by atoms with Gasteiger partial charge in [-0.3, -0.25) is 0 Å². The Balaban J connectivity index is 1.81. The van der Waals surface area contributed by atoms with Gasteiger partial charge in [0.15, 0.2) is 6.20 Å². The molecule has 0 radical (unpaired) electrons. The van der Waals surface area contributed by atoms with Gasteiger partial charge in [-0.15, -0.1) is 0 Å². The summed E-state index contributed by atoms with van der Waals surface area (Å²) in [5.41, 5.74) is 8.46.